The summed E-state index contributed by atoms with van der Waals surface area (Å²) in [5.41, 5.74) is 6.64. The van der Waals surface area contributed by atoms with Crippen LogP contribution in [0.2, 0.25) is 0 Å². The molecule has 3 N–H and O–H groups in total. The van der Waals surface area contributed by atoms with Gasteiger partial charge in [-0.1, -0.05) is 12.1 Å². The molecule has 0 radical (unpaired) electrons. The Hall–Kier alpha value is -2.36. The van der Waals surface area contributed by atoms with Crippen LogP contribution in [0.3, 0.4) is 0 Å². The fourth-order valence-corrected chi connectivity index (χ4v) is 1.42. The highest BCUT2D eigenvalue weighted by Crippen LogP contribution is 2.26. The molecule has 0 saturated carbocycles. The van der Waals surface area contributed by atoms with Crippen molar-refractivity contribution < 1.29 is 9.90 Å². The van der Waals surface area contributed by atoms with E-state index in [1.807, 2.05) is 0 Å². The maximum absolute atomic E-state index is 11.0. The lowest BCUT2D eigenvalue weighted by molar-refractivity contribution is 0.1000. The number of pyridine rings is 1. The predicted octanol–water partition coefficient (Wildman–Crippen LogP) is 1.55. The van der Waals surface area contributed by atoms with Crippen LogP contribution in [0.5, 0.6) is 5.75 Å². The quantitative estimate of drug-likeness (QED) is 0.796. The third-order valence-electron chi connectivity index (χ3n) is 2.22. The first-order valence-electron chi connectivity index (χ1n) is 4.72. The number of phenols is 1. The van der Waals surface area contributed by atoms with E-state index in [0.29, 0.717) is 16.8 Å². The van der Waals surface area contributed by atoms with Crippen molar-refractivity contribution in [3.63, 3.8) is 0 Å². The predicted molar refractivity (Wildman–Crippen MR) is 59.9 cm³/mol. The van der Waals surface area contributed by atoms with Gasteiger partial charge in [-0.05, 0) is 24.3 Å². The number of phenolic OH excluding ortho intramolecular Hbond substituents is 1. The van der Waals surface area contributed by atoms with E-state index in [4.69, 9.17) is 5.73 Å². The lowest BCUT2D eigenvalue weighted by Crippen LogP contribution is -2.10. The van der Waals surface area contributed by atoms with Gasteiger partial charge in [-0.3, -0.25) is 9.78 Å². The number of amides is 1. The summed E-state index contributed by atoms with van der Waals surface area (Å²) in [7, 11) is 0. The van der Waals surface area contributed by atoms with Crippen molar-refractivity contribution in [2.75, 3.05) is 0 Å². The van der Waals surface area contributed by atoms with Gasteiger partial charge in [-0.25, -0.2) is 0 Å². The minimum atomic E-state index is -0.515. The van der Waals surface area contributed by atoms with Crippen LogP contribution in [0.4, 0.5) is 0 Å². The van der Waals surface area contributed by atoms with Crippen molar-refractivity contribution in [3.8, 4) is 17.0 Å². The van der Waals surface area contributed by atoms with Gasteiger partial charge in [-0.2, -0.15) is 0 Å². The number of carbonyl (C=O) groups is 1. The van der Waals surface area contributed by atoms with Gasteiger partial charge in [0.15, 0.2) is 0 Å². The Morgan fingerprint density at radius 2 is 2.00 bits per heavy atom. The number of nitrogens with zero attached hydrogens (tertiary/aromatic N) is 1. The third-order valence-corrected chi connectivity index (χ3v) is 2.22. The van der Waals surface area contributed by atoms with E-state index < -0.39 is 5.91 Å². The van der Waals surface area contributed by atoms with E-state index in [-0.39, 0.29) is 5.75 Å². The van der Waals surface area contributed by atoms with Gasteiger partial charge in [0.25, 0.3) is 0 Å². The SMILES string of the molecule is NC(=O)c1ccnc(-c2ccccc2O)c1. The molecule has 1 heterocycles. The zero-order valence-corrected chi connectivity index (χ0v) is 8.42. The number of nitrogens with two attached hydrogens (primary N) is 1. The molecule has 0 fully saturated rings. The summed E-state index contributed by atoms with van der Waals surface area (Å²) >= 11 is 0. The van der Waals surface area contributed by atoms with Gasteiger partial charge >= 0.3 is 0 Å². The smallest absolute Gasteiger partial charge is 0.248 e. The van der Waals surface area contributed by atoms with Crippen molar-refractivity contribution in [3.05, 3.63) is 48.2 Å². The molecule has 0 unspecified atom stereocenters. The highest BCUT2D eigenvalue weighted by molar-refractivity contribution is 5.93. The first-order valence-corrected chi connectivity index (χ1v) is 4.72. The zero-order valence-electron chi connectivity index (χ0n) is 8.42. The van der Waals surface area contributed by atoms with Gasteiger partial charge < -0.3 is 10.8 Å². The van der Waals surface area contributed by atoms with Crippen LogP contribution in [0.1, 0.15) is 10.4 Å². The number of hydrogen-bond donors (Lipinski definition) is 2. The summed E-state index contributed by atoms with van der Waals surface area (Å²) in [6.45, 7) is 0. The minimum absolute atomic E-state index is 0.122. The summed E-state index contributed by atoms with van der Waals surface area (Å²) in [4.78, 5) is 15.1. The molecule has 0 aliphatic heterocycles. The number of primary amides is 1. The molecule has 0 atom stereocenters. The van der Waals surface area contributed by atoms with Crippen molar-refractivity contribution in [2.24, 2.45) is 5.73 Å². The highest BCUT2D eigenvalue weighted by atomic mass is 16.3. The van der Waals surface area contributed by atoms with Gasteiger partial charge in [0.1, 0.15) is 5.75 Å². The molecule has 4 heteroatoms. The molecule has 0 saturated heterocycles. The average Bonchev–Trinajstić information content (AvgIpc) is 2.30. The number of para-hydroxylation sites is 1. The monoisotopic (exact) mass is 214 g/mol. The van der Waals surface area contributed by atoms with Crippen molar-refractivity contribution in [1.82, 2.24) is 4.98 Å². The highest BCUT2D eigenvalue weighted by Gasteiger charge is 2.07. The van der Waals surface area contributed by atoms with E-state index >= 15 is 0 Å². The first-order chi connectivity index (χ1) is 7.68. The summed E-state index contributed by atoms with van der Waals surface area (Å²) in [5, 5.41) is 9.64. The van der Waals surface area contributed by atoms with Crippen LogP contribution in [-0.4, -0.2) is 16.0 Å². The Labute approximate surface area is 92.4 Å². The number of benzene rings is 1. The van der Waals surface area contributed by atoms with Crippen LogP contribution in [-0.2, 0) is 0 Å². The largest absolute Gasteiger partial charge is 0.507 e. The van der Waals surface area contributed by atoms with E-state index in [9.17, 15) is 9.90 Å². The molecule has 16 heavy (non-hydrogen) atoms. The van der Waals surface area contributed by atoms with Crippen LogP contribution >= 0.6 is 0 Å². The molecule has 1 aromatic heterocycles. The molecule has 4 nitrogen and oxygen atoms in total. The Kier molecular flexibility index (Phi) is 2.55. The summed E-state index contributed by atoms with van der Waals surface area (Å²) < 4.78 is 0. The molecule has 0 aliphatic carbocycles. The summed E-state index contributed by atoms with van der Waals surface area (Å²) in [6.07, 6.45) is 1.49. The standard InChI is InChI=1S/C12H10N2O2/c13-12(16)8-5-6-14-10(7-8)9-3-1-2-4-11(9)15/h1-7,15H,(H2,13,16). The second-order valence-corrected chi connectivity index (χ2v) is 3.31. The first kappa shape index (κ1) is 10.2. The number of carbonyl (C=O) groups excluding carboxylic acids is 1. The molecular formula is C12H10N2O2. The lowest BCUT2D eigenvalue weighted by Gasteiger charge is -2.04. The summed E-state index contributed by atoms with van der Waals surface area (Å²) in [6, 6.07) is 9.88. The number of aromatic nitrogens is 1. The fraction of sp³-hybridized carbons (Fsp3) is 0. The maximum atomic E-state index is 11.0. The van der Waals surface area contributed by atoms with E-state index in [1.54, 1.807) is 30.3 Å². The van der Waals surface area contributed by atoms with Crippen LogP contribution < -0.4 is 5.73 Å². The molecule has 0 spiro atoms. The number of hydrogen-bond acceptors (Lipinski definition) is 3. The Balaban J connectivity index is 2.53. The van der Waals surface area contributed by atoms with E-state index in [1.165, 1.54) is 12.3 Å². The minimum Gasteiger partial charge on any atom is -0.507 e. The van der Waals surface area contributed by atoms with Crippen molar-refractivity contribution in [1.29, 1.82) is 0 Å². The van der Waals surface area contributed by atoms with Crippen LogP contribution in [0.15, 0.2) is 42.6 Å². The molecule has 1 amide bonds. The molecule has 2 aromatic rings. The van der Waals surface area contributed by atoms with Gasteiger partial charge in [0.05, 0.1) is 5.69 Å². The topological polar surface area (TPSA) is 76.2 Å². The fourth-order valence-electron chi connectivity index (χ4n) is 1.42. The molecule has 1 aromatic carbocycles. The van der Waals surface area contributed by atoms with E-state index in [0.717, 1.165) is 0 Å². The number of rotatable bonds is 2. The van der Waals surface area contributed by atoms with Gasteiger partial charge in [0, 0.05) is 17.3 Å². The maximum Gasteiger partial charge on any atom is 0.248 e. The summed E-state index contributed by atoms with van der Waals surface area (Å²) in [5.74, 6) is -0.393. The van der Waals surface area contributed by atoms with Crippen LogP contribution in [0.25, 0.3) is 11.3 Å². The zero-order chi connectivity index (χ0) is 11.5. The van der Waals surface area contributed by atoms with Crippen molar-refractivity contribution >= 4 is 5.91 Å². The lowest BCUT2D eigenvalue weighted by atomic mass is 10.1. The van der Waals surface area contributed by atoms with E-state index in [2.05, 4.69) is 4.98 Å². The molecule has 2 rings (SSSR count). The average molecular weight is 214 g/mol. The Bertz CT molecular complexity index is 538. The molecular weight excluding hydrogens is 204 g/mol. The van der Waals surface area contributed by atoms with Gasteiger partial charge in [0.2, 0.25) is 5.91 Å². The Morgan fingerprint density at radius 3 is 2.69 bits per heavy atom. The second kappa shape index (κ2) is 4.02. The van der Waals surface area contributed by atoms with Gasteiger partial charge in [-0.15, -0.1) is 0 Å². The number of aromatic hydroxyl groups is 1. The normalized spacial score (nSPS) is 10.0. The van der Waals surface area contributed by atoms with Crippen LogP contribution in [0, 0.1) is 0 Å². The third kappa shape index (κ3) is 1.86. The van der Waals surface area contributed by atoms with Crippen molar-refractivity contribution in [2.45, 2.75) is 0 Å². The second-order valence-electron chi connectivity index (χ2n) is 3.31. The molecule has 0 bridgehead atoms. The Morgan fingerprint density at radius 1 is 1.25 bits per heavy atom. The molecule has 0 aliphatic rings. The molecule has 80 valence electrons.